The fourth-order valence-electron chi connectivity index (χ4n) is 3.67. The van der Waals surface area contributed by atoms with E-state index in [1.807, 2.05) is 24.3 Å². The van der Waals surface area contributed by atoms with Gasteiger partial charge in [-0.15, -0.1) is 0 Å². The van der Waals surface area contributed by atoms with E-state index in [2.05, 4.69) is 10.3 Å². The minimum Gasteiger partial charge on any atom is -0.453 e. The Morgan fingerprint density at radius 3 is 2.58 bits per heavy atom. The van der Waals surface area contributed by atoms with Crippen molar-refractivity contribution in [3.05, 3.63) is 36.0 Å². The van der Waals surface area contributed by atoms with Gasteiger partial charge in [0.05, 0.1) is 0 Å². The van der Waals surface area contributed by atoms with Gasteiger partial charge in [-0.3, -0.25) is 9.59 Å². The molecular formula is C20H24N2O4. The number of benzene rings is 1. The second kappa shape index (κ2) is 7.72. The molecule has 26 heavy (non-hydrogen) atoms. The zero-order chi connectivity index (χ0) is 18.7. The molecule has 0 spiro atoms. The van der Waals surface area contributed by atoms with Gasteiger partial charge in [0, 0.05) is 29.6 Å². The summed E-state index contributed by atoms with van der Waals surface area (Å²) in [5.74, 6) is -0.993. The van der Waals surface area contributed by atoms with Crippen molar-refractivity contribution in [2.45, 2.75) is 51.7 Å². The number of ether oxygens (including phenoxy) is 1. The summed E-state index contributed by atoms with van der Waals surface area (Å²) >= 11 is 0. The highest BCUT2D eigenvalue weighted by Crippen LogP contribution is 2.29. The summed E-state index contributed by atoms with van der Waals surface area (Å²) < 4.78 is 5.44. The van der Waals surface area contributed by atoms with E-state index in [1.54, 1.807) is 13.1 Å². The van der Waals surface area contributed by atoms with Gasteiger partial charge < -0.3 is 15.0 Å². The van der Waals surface area contributed by atoms with Crippen LogP contribution in [0.25, 0.3) is 10.9 Å². The van der Waals surface area contributed by atoms with Gasteiger partial charge in [-0.25, -0.2) is 4.79 Å². The number of carbonyl (C=O) groups is 3. The number of Topliss-reactive ketones (excluding diaryl/α,β-unsaturated/α-hetero) is 1. The average molecular weight is 356 g/mol. The Kier molecular flexibility index (Phi) is 5.40. The molecular weight excluding hydrogens is 332 g/mol. The number of ketones is 1. The number of amides is 1. The predicted octanol–water partition coefficient (Wildman–Crippen LogP) is 2.98. The van der Waals surface area contributed by atoms with Crippen LogP contribution in [0.3, 0.4) is 0 Å². The summed E-state index contributed by atoms with van der Waals surface area (Å²) in [6.07, 6.45) is 4.56. The number of rotatable bonds is 6. The molecule has 1 amide bonds. The van der Waals surface area contributed by atoms with Crippen LogP contribution in [0.1, 0.15) is 49.9 Å². The standard InChI is InChI=1S/C20H24N2O4/c1-12(19(24)16-11-21-17-10-6-5-9-15(16)17)26-20(25)18(22-13(2)23)14-7-3-4-8-14/h5-6,9-12,14,18,21H,3-4,7-8H2,1-2H3,(H,22,23)/t12-,18+/m1/s1. The summed E-state index contributed by atoms with van der Waals surface area (Å²) in [4.78, 5) is 39.9. The minimum atomic E-state index is -0.917. The van der Waals surface area contributed by atoms with E-state index in [1.165, 1.54) is 6.92 Å². The average Bonchev–Trinajstić information content (AvgIpc) is 3.28. The van der Waals surface area contributed by atoms with Gasteiger partial charge >= 0.3 is 5.97 Å². The summed E-state index contributed by atoms with van der Waals surface area (Å²) in [5.41, 5.74) is 1.36. The van der Waals surface area contributed by atoms with Crippen molar-refractivity contribution in [1.82, 2.24) is 10.3 Å². The molecule has 1 aliphatic carbocycles. The third-order valence-electron chi connectivity index (χ3n) is 5.00. The highest BCUT2D eigenvalue weighted by atomic mass is 16.5. The highest BCUT2D eigenvalue weighted by molar-refractivity contribution is 6.10. The van der Waals surface area contributed by atoms with E-state index in [-0.39, 0.29) is 17.6 Å². The number of fused-ring (bicyclic) bond motifs is 1. The Balaban J connectivity index is 1.72. The lowest BCUT2D eigenvalue weighted by Gasteiger charge is -2.24. The second-order valence-corrected chi connectivity index (χ2v) is 6.91. The third kappa shape index (κ3) is 3.79. The van der Waals surface area contributed by atoms with Crippen molar-refractivity contribution in [3.8, 4) is 0 Å². The van der Waals surface area contributed by atoms with Gasteiger partial charge in [0.25, 0.3) is 0 Å². The number of esters is 1. The second-order valence-electron chi connectivity index (χ2n) is 6.91. The van der Waals surface area contributed by atoms with Crippen molar-refractivity contribution >= 4 is 28.6 Å². The Hall–Kier alpha value is -2.63. The minimum absolute atomic E-state index is 0.0711. The lowest BCUT2D eigenvalue weighted by molar-refractivity contribution is -0.151. The summed E-state index contributed by atoms with van der Waals surface area (Å²) in [6, 6.07) is 6.79. The number of aromatic amines is 1. The SMILES string of the molecule is CC(=O)N[C@H](C(=O)O[C@H](C)C(=O)c1c[nH]c2ccccc12)C1CCCC1. The van der Waals surface area contributed by atoms with Gasteiger partial charge in [-0.2, -0.15) is 0 Å². The van der Waals surface area contributed by atoms with Crippen LogP contribution in [0.5, 0.6) is 0 Å². The first-order valence-electron chi connectivity index (χ1n) is 9.05. The molecule has 1 fully saturated rings. The number of H-pyrrole nitrogens is 1. The van der Waals surface area contributed by atoms with Gasteiger partial charge in [0.15, 0.2) is 6.10 Å². The van der Waals surface area contributed by atoms with Crippen LogP contribution in [0.4, 0.5) is 0 Å². The van der Waals surface area contributed by atoms with E-state index in [0.717, 1.165) is 36.6 Å². The first-order valence-corrected chi connectivity index (χ1v) is 9.05. The van der Waals surface area contributed by atoms with Crippen LogP contribution in [0, 0.1) is 5.92 Å². The van der Waals surface area contributed by atoms with Gasteiger partial charge in [0.1, 0.15) is 6.04 Å². The molecule has 6 heteroatoms. The molecule has 1 saturated carbocycles. The molecule has 1 aromatic carbocycles. The van der Waals surface area contributed by atoms with Crippen molar-refractivity contribution in [2.24, 2.45) is 5.92 Å². The van der Waals surface area contributed by atoms with E-state index < -0.39 is 18.1 Å². The van der Waals surface area contributed by atoms with Crippen LogP contribution in [-0.2, 0) is 14.3 Å². The van der Waals surface area contributed by atoms with Crippen LogP contribution in [-0.4, -0.2) is 34.8 Å². The Morgan fingerprint density at radius 1 is 1.19 bits per heavy atom. The molecule has 0 bridgehead atoms. The number of hydrogen-bond acceptors (Lipinski definition) is 4. The van der Waals surface area contributed by atoms with E-state index in [4.69, 9.17) is 4.74 Å². The van der Waals surface area contributed by atoms with Gasteiger partial charge in [-0.1, -0.05) is 31.0 Å². The normalized spacial score (nSPS) is 17.0. The first-order chi connectivity index (χ1) is 12.5. The summed E-state index contributed by atoms with van der Waals surface area (Å²) in [5, 5.41) is 3.50. The first kappa shape index (κ1) is 18.2. The predicted molar refractivity (Wildman–Crippen MR) is 97.7 cm³/mol. The van der Waals surface area contributed by atoms with E-state index in [9.17, 15) is 14.4 Å². The van der Waals surface area contributed by atoms with Crippen molar-refractivity contribution < 1.29 is 19.1 Å². The summed E-state index contributed by atoms with van der Waals surface area (Å²) in [7, 11) is 0. The molecule has 2 atom stereocenters. The van der Waals surface area contributed by atoms with E-state index >= 15 is 0 Å². The molecule has 0 unspecified atom stereocenters. The van der Waals surface area contributed by atoms with Gasteiger partial charge in [-0.05, 0) is 31.7 Å². The molecule has 6 nitrogen and oxygen atoms in total. The Bertz CT molecular complexity index is 820. The largest absolute Gasteiger partial charge is 0.453 e. The molecule has 1 aromatic heterocycles. The molecule has 2 N–H and O–H groups in total. The monoisotopic (exact) mass is 356 g/mol. The summed E-state index contributed by atoms with van der Waals surface area (Å²) in [6.45, 7) is 2.96. The number of para-hydroxylation sites is 1. The maximum atomic E-state index is 12.7. The fraction of sp³-hybridized carbons (Fsp3) is 0.450. The smallest absolute Gasteiger partial charge is 0.329 e. The van der Waals surface area contributed by atoms with Crippen LogP contribution >= 0.6 is 0 Å². The molecule has 0 radical (unpaired) electrons. The van der Waals surface area contributed by atoms with E-state index in [0.29, 0.717) is 5.56 Å². The van der Waals surface area contributed by atoms with Crippen LogP contribution in [0.15, 0.2) is 30.5 Å². The molecule has 0 saturated heterocycles. The number of aromatic nitrogens is 1. The number of nitrogens with one attached hydrogen (secondary N) is 2. The molecule has 0 aliphatic heterocycles. The lowest BCUT2D eigenvalue weighted by Crippen LogP contribution is -2.46. The third-order valence-corrected chi connectivity index (χ3v) is 5.00. The number of carbonyl (C=O) groups excluding carboxylic acids is 3. The zero-order valence-corrected chi connectivity index (χ0v) is 15.1. The van der Waals surface area contributed by atoms with Crippen molar-refractivity contribution in [3.63, 3.8) is 0 Å². The molecule has 138 valence electrons. The molecule has 2 aromatic rings. The lowest BCUT2D eigenvalue weighted by atomic mass is 9.98. The highest BCUT2D eigenvalue weighted by Gasteiger charge is 2.34. The Morgan fingerprint density at radius 2 is 1.88 bits per heavy atom. The molecule has 3 rings (SSSR count). The maximum absolute atomic E-state index is 12.7. The fourth-order valence-corrected chi connectivity index (χ4v) is 3.67. The van der Waals surface area contributed by atoms with Crippen LogP contribution in [0.2, 0.25) is 0 Å². The molecule has 1 heterocycles. The molecule has 1 aliphatic rings. The maximum Gasteiger partial charge on any atom is 0.329 e. The quantitative estimate of drug-likeness (QED) is 0.615. The zero-order valence-electron chi connectivity index (χ0n) is 15.1. The Labute approximate surface area is 152 Å². The number of hydrogen-bond donors (Lipinski definition) is 2. The van der Waals surface area contributed by atoms with Crippen LogP contribution < -0.4 is 5.32 Å². The van der Waals surface area contributed by atoms with Gasteiger partial charge in [0.2, 0.25) is 11.7 Å². The van der Waals surface area contributed by atoms with Crippen molar-refractivity contribution in [1.29, 1.82) is 0 Å². The topological polar surface area (TPSA) is 88.3 Å². The van der Waals surface area contributed by atoms with Crippen molar-refractivity contribution in [2.75, 3.05) is 0 Å².